The molecule has 1 unspecified atom stereocenters. The molecule has 0 aromatic carbocycles. The highest BCUT2D eigenvalue weighted by Crippen LogP contribution is 2.09. The van der Waals surface area contributed by atoms with Crippen molar-refractivity contribution in [3.63, 3.8) is 0 Å². The quantitative estimate of drug-likeness (QED) is 0.628. The average Bonchev–Trinajstić information content (AvgIpc) is 2.57. The standard InChI is InChI=1S/C9H15NO3/c1-13-7-4-8(9(11)12)10-5-2-3-6-10/h2-3,8H,4-7H2,1H3,(H,11,12). The van der Waals surface area contributed by atoms with Crippen molar-refractivity contribution in [2.75, 3.05) is 26.8 Å². The third-order valence-corrected chi connectivity index (χ3v) is 2.17. The van der Waals surface area contributed by atoms with Gasteiger partial charge < -0.3 is 9.84 Å². The maximum atomic E-state index is 10.9. The van der Waals surface area contributed by atoms with Gasteiger partial charge in [-0.2, -0.15) is 0 Å². The SMILES string of the molecule is COCCC(C(=O)O)N1CC=CC1. The molecule has 1 aliphatic rings. The molecule has 0 fully saturated rings. The van der Waals surface area contributed by atoms with E-state index in [0.29, 0.717) is 13.0 Å². The Morgan fingerprint density at radius 3 is 2.69 bits per heavy atom. The lowest BCUT2D eigenvalue weighted by Crippen LogP contribution is -2.40. The molecule has 1 heterocycles. The number of carboxylic acids is 1. The lowest BCUT2D eigenvalue weighted by Gasteiger charge is -2.23. The number of carbonyl (C=O) groups is 1. The van der Waals surface area contributed by atoms with Crippen LogP contribution in [0.4, 0.5) is 0 Å². The fourth-order valence-electron chi connectivity index (χ4n) is 1.44. The van der Waals surface area contributed by atoms with E-state index in [1.54, 1.807) is 7.11 Å². The summed E-state index contributed by atoms with van der Waals surface area (Å²) in [6.07, 6.45) is 4.53. The van der Waals surface area contributed by atoms with Crippen molar-refractivity contribution >= 4 is 5.97 Å². The largest absolute Gasteiger partial charge is 0.480 e. The molecular weight excluding hydrogens is 170 g/mol. The van der Waals surface area contributed by atoms with Crippen LogP contribution in [0.15, 0.2) is 12.2 Å². The molecule has 74 valence electrons. The first-order valence-corrected chi connectivity index (χ1v) is 4.36. The van der Waals surface area contributed by atoms with Crippen LogP contribution in [-0.2, 0) is 9.53 Å². The lowest BCUT2D eigenvalue weighted by molar-refractivity contribution is -0.143. The summed E-state index contributed by atoms with van der Waals surface area (Å²) in [4.78, 5) is 12.8. The van der Waals surface area contributed by atoms with Gasteiger partial charge in [-0.15, -0.1) is 0 Å². The number of ether oxygens (including phenoxy) is 1. The van der Waals surface area contributed by atoms with Crippen molar-refractivity contribution in [3.05, 3.63) is 12.2 Å². The van der Waals surface area contributed by atoms with E-state index in [9.17, 15) is 4.79 Å². The molecule has 1 N–H and O–H groups in total. The van der Waals surface area contributed by atoms with Gasteiger partial charge in [0.05, 0.1) is 0 Å². The number of rotatable bonds is 5. The van der Waals surface area contributed by atoms with Gasteiger partial charge in [-0.05, 0) is 6.42 Å². The summed E-state index contributed by atoms with van der Waals surface area (Å²) in [6, 6.07) is -0.407. The van der Waals surface area contributed by atoms with E-state index in [0.717, 1.165) is 13.1 Å². The number of carboxylic acid groups (broad SMARTS) is 1. The average molecular weight is 185 g/mol. The Morgan fingerprint density at radius 1 is 1.62 bits per heavy atom. The first-order chi connectivity index (χ1) is 6.25. The number of methoxy groups -OCH3 is 1. The van der Waals surface area contributed by atoms with Gasteiger partial charge in [-0.25, -0.2) is 0 Å². The second-order valence-electron chi connectivity index (χ2n) is 3.06. The normalized spacial score (nSPS) is 19.2. The van der Waals surface area contributed by atoms with Crippen molar-refractivity contribution in [1.29, 1.82) is 0 Å². The summed E-state index contributed by atoms with van der Waals surface area (Å²) in [6.45, 7) is 1.97. The van der Waals surface area contributed by atoms with Crippen LogP contribution in [0, 0.1) is 0 Å². The highest BCUT2D eigenvalue weighted by molar-refractivity contribution is 5.73. The van der Waals surface area contributed by atoms with Crippen LogP contribution in [0.1, 0.15) is 6.42 Å². The molecule has 0 aromatic heterocycles. The molecule has 4 heteroatoms. The Labute approximate surface area is 77.8 Å². The van der Waals surface area contributed by atoms with Crippen molar-refractivity contribution in [2.45, 2.75) is 12.5 Å². The number of nitrogens with zero attached hydrogens (tertiary/aromatic N) is 1. The van der Waals surface area contributed by atoms with Gasteiger partial charge in [-0.3, -0.25) is 9.69 Å². The molecule has 0 radical (unpaired) electrons. The van der Waals surface area contributed by atoms with E-state index in [4.69, 9.17) is 9.84 Å². The monoisotopic (exact) mass is 185 g/mol. The van der Waals surface area contributed by atoms with Crippen LogP contribution in [0.2, 0.25) is 0 Å². The molecule has 0 amide bonds. The summed E-state index contributed by atoms with van der Waals surface area (Å²) in [5, 5.41) is 8.94. The highest BCUT2D eigenvalue weighted by Gasteiger charge is 2.25. The maximum Gasteiger partial charge on any atom is 0.321 e. The molecule has 1 rings (SSSR count). The van der Waals surface area contributed by atoms with Gasteiger partial charge in [0.2, 0.25) is 0 Å². The first kappa shape index (κ1) is 10.2. The van der Waals surface area contributed by atoms with Crippen LogP contribution in [0.25, 0.3) is 0 Å². The number of hydrogen-bond donors (Lipinski definition) is 1. The Bertz CT molecular complexity index is 195. The fourth-order valence-corrected chi connectivity index (χ4v) is 1.44. The van der Waals surface area contributed by atoms with Crippen molar-refractivity contribution in [1.82, 2.24) is 4.90 Å². The van der Waals surface area contributed by atoms with Crippen LogP contribution < -0.4 is 0 Å². The molecule has 0 aromatic rings. The molecule has 13 heavy (non-hydrogen) atoms. The minimum atomic E-state index is -0.763. The third kappa shape index (κ3) is 2.82. The van der Waals surface area contributed by atoms with Crippen molar-refractivity contribution in [2.24, 2.45) is 0 Å². The Hall–Kier alpha value is -0.870. The summed E-state index contributed by atoms with van der Waals surface area (Å²) < 4.78 is 4.87. The van der Waals surface area contributed by atoms with Crippen LogP contribution >= 0.6 is 0 Å². The summed E-state index contributed by atoms with van der Waals surface area (Å²) in [7, 11) is 1.58. The topological polar surface area (TPSA) is 49.8 Å². The highest BCUT2D eigenvalue weighted by atomic mass is 16.5. The van der Waals surface area contributed by atoms with E-state index < -0.39 is 12.0 Å². The Morgan fingerprint density at radius 2 is 2.23 bits per heavy atom. The summed E-state index contributed by atoms with van der Waals surface area (Å²) in [5.74, 6) is -0.763. The minimum Gasteiger partial charge on any atom is -0.480 e. The predicted molar refractivity (Wildman–Crippen MR) is 48.6 cm³/mol. The molecule has 1 atom stereocenters. The Kier molecular flexibility index (Phi) is 3.92. The zero-order valence-corrected chi connectivity index (χ0v) is 7.77. The molecule has 0 spiro atoms. The number of aliphatic carboxylic acids is 1. The second kappa shape index (κ2) is 4.99. The predicted octanol–water partition coefficient (Wildman–Crippen LogP) is 0.348. The molecular formula is C9H15NO3. The zero-order valence-electron chi connectivity index (χ0n) is 7.77. The van der Waals surface area contributed by atoms with Crippen molar-refractivity contribution in [3.8, 4) is 0 Å². The first-order valence-electron chi connectivity index (χ1n) is 4.36. The molecule has 0 bridgehead atoms. The summed E-state index contributed by atoms with van der Waals surface area (Å²) in [5.41, 5.74) is 0. The molecule has 4 nitrogen and oxygen atoms in total. The zero-order chi connectivity index (χ0) is 9.68. The summed E-state index contributed by atoms with van der Waals surface area (Å²) >= 11 is 0. The van der Waals surface area contributed by atoms with Gasteiger partial charge in [0.15, 0.2) is 0 Å². The molecule has 1 aliphatic heterocycles. The van der Waals surface area contributed by atoms with Gasteiger partial charge in [0.1, 0.15) is 6.04 Å². The molecule has 0 saturated heterocycles. The molecule has 0 saturated carbocycles. The van der Waals surface area contributed by atoms with E-state index >= 15 is 0 Å². The van der Waals surface area contributed by atoms with Crippen LogP contribution in [0.3, 0.4) is 0 Å². The third-order valence-electron chi connectivity index (χ3n) is 2.17. The van der Waals surface area contributed by atoms with E-state index in [-0.39, 0.29) is 0 Å². The van der Waals surface area contributed by atoms with E-state index in [2.05, 4.69) is 0 Å². The number of hydrogen-bond acceptors (Lipinski definition) is 3. The smallest absolute Gasteiger partial charge is 0.321 e. The van der Waals surface area contributed by atoms with E-state index in [1.165, 1.54) is 0 Å². The fraction of sp³-hybridized carbons (Fsp3) is 0.667. The van der Waals surface area contributed by atoms with Gasteiger partial charge in [0, 0.05) is 26.8 Å². The minimum absolute atomic E-state index is 0.407. The molecule has 0 aliphatic carbocycles. The van der Waals surface area contributed by atoms with Crippen molar-refractivity contribution < 1.29 is 14.6 Å². The lowest BCUT2D eigenvalue weighted by atomic mass is 10.2. The van der Waals surface area contributed by atoms with E-state index in [1.807, 2.05) is 17.1 Å². The second-order valence-corrected chi connectivity index (χ2v) is 3.06. The maximum absolute atomic E-state index is 10.9. The van der Waals surface area contributed by atoms with Crippen LogP contribution in [0.5, 0.6) is 0 Å². The van der Waals surface area contributed by atoms with Gasteiger partial charge in [-0.1, -0.05) is 12.2 Å². The van der Waals surface area contributed by atoms with Gasteiger partial charge in [0.25, 0.3) is 0 Å². The van der Waals surface area contributed by atoms with Crippen LogP contribution in [-0.4, -0.2) is 48.8 Å². The van der Waals surface area contributed by atoms with Gasteiger partial charge >= 0.3 is 5.97 Å². The Balaban J connectivity index is 2.42.